The molecule has 18 heavy (non-hydrogen) atoms. The summed E-state index contributed by atoms with van der Waals surface area (Å²) in [4.78, 5) is 14.0. The molecule has 4 heteroatoms. The highest BCUT2D eigenvalue weighted by Crippen LogP contribution is 2.41. The van der Waals surface area contributed by atoms with Crippen molar-refractivity contribution in [2.75, 3.05) is 6.54 Å². The maximum atomic E-state index is 12.2. The molecule has 1 saturated carbocycles. The van der Waals surface area contributed by atoms with Crippen molar-refractivity contribution in [1.29, 1.82) is 0 Å². The molecule has 2 N–H and O–H groups in total. The Labute approximate surface area is 110 Å². The number of hydrogen-bond donors (Lipinski definition) is 1. The molecular weight excluding hydrogens is 228 g/mol. The molecule has 1 saturated heterocycles. The predicted molar refractivity (Wildman–Crippen MR) is 71.2 cm³/mol. The number of ether oxygens (including phenoxy) is 1. The van der Waals surface area contributed by atoms with Gasteiger partial charge in [0.15, 0.2) is 0 Å². The lowest BCUT2D eigenvalue weighted by Crippen LogP contribution is -2.56. The molecule has 1 aliphatic carbocycles. The molecule has 0 radical (unpaired) electrons. The fraction of sp³-hybridized carbons (Fsp3) is 0.929. The molecule has 104 valence electrons. The number of likely N-dealkylation sites (tertiary alicyclic amines) is 1. The third kappa shape index (κ3) is 3.16. The van der Waals surface area contributed by atoms with Gasteiger partial charge in [0, 0.05) is 18.6 Å². The van der Waals surface area contributed by atoms with E-state index in [1.165, 1.54) is 12.8 Å². The van der Waals surface area contributed by atoms with E-state index in [9.17, 15) is 4.79 Å². The first-order valence-electron chi connectivity index (χ1n) is 7.03. The smallest absolute Gasteiger partial charge is 0.410 e. The van der Waals surface area contributed by atoms with Gasteiger partial charge in [-0.2, -0.15) is 0 Å². The molecule has 1 heterocycles. The van der Waals surface area contributed by atoms with Crippen LogP contribution in [0.1, 0.15) is 47.0 Å². The molecule has 2 fully saturated rings. The fourth-order valence-electron chi connectivity index (χ4n) is 2.74. The molecule has 0 aromatic rings. The molecule has 1 amide bonds. The second-order valence-corrected chi connectivity index (χ2v) is 6.87. The van der Waals surface area contributed by atoms with Crippen LogP contribution in [0.4, 0.5) is 4.79 Å². The van der Waals surface area contributed by atoms with Gasteiger partial charge >= 0.3 is 6.09 Å². The van der Waals surface area contributed by atoms with Gasteiger partial charge in [0.05, 0.1) is 0 Å². The first kappa shape index (κ1) is 13.7. The molecule has 3 atom stereocenters. The van der Waals surface area contributed by atoms with Crippen molar-refractivity contribution in [1.82, 2.24) is 4.90 Å². The van der Waals surface area contributed by atoms with Crippen LogP contribution in [0, 0.1) is 11.8 Å². The topological polar surface area (TPSA) is 55.6 Å². The Morgan fingerprint density at radius 2 is 1.89 bits per heavy atom. The molecule has 1 aliphatic heterocycles. The molecule has 0 spiro atoms. The van der Waals surface area contributed by atoms with Crippen molar-refractivity contribution < 1.29 is 9.53 Å². The van der Waals surface area contributed by atoms with E-state index in [0.29, 0.717) is 5.92 Å². The average molecular weight is 254 g/mol. The summed E-state index contributed by atoms with van der Waals surface area (Å²) in [6, 6.07) is 0.159. The van der Waals surface area contributed by atoms with Gasteiger partial charge in [0.2, 0.25) is 0 Å². The van der Waals surface area contributed by atoms with Crippen molar-refractivity contribution >= 4 is 6.09 Å². The minimum atomic E-state index is -0.437. The number of carbonyl (C=O) groups is 1. The number of piperidine rings is 1. The van der Waals surface area contributed by atoms with E-state index in [1.54, 1.807) is 0 Å². The predicted octanol–water partition coefficient (Wildman–Crippen LogP) is 2.37. The van der Waals surface area contributed by atoms with Crippen LogP contribution in [0.5, 0.6) is 0 Å². The van der Waals surface area contributed by atoms with E-state index in [4.69, 9.17) is 10.5 Å². The Kier molecular flexibility index (Phi) is 3.58. The second-order valence-electron chi connectivity index (χ2n) is 6.87. The van der Waals surface area contributed by atoms with Gasteiger partial charge in [-0.3, -0.25) is 0 Å². The minimum absolute atomic E-state index is 0.0786. The number of rotatable bonds is 1. The van der Waals surface area contributed by atoms with Crippen LogP contribution in [0.25, 0.3) is 0 Å². The lowest BCUT2D eigenvalue weighted by atomic mass is 9.87. The third-order valence-corrected chi connectivity index (χ3v) is 4.03. The highest BCUT2D eigenvalue weighted by molar-refractivity contribution is 5.68. The van der Waals surface area contributed by atoms with E-state index in [0.717, 1.165) is 18.9 Å². The fourth-order valence-corrected chi connectivity index (χ4v) is 2.74. The van der Waals surface area contributed by atoms with Gasteiger partial charge < -0.3 is 15.4 Å². The Bertz CT molecular complexity index is 320. The Balaban J connectivity index is 2.01. The standard InChI is InChI=1S/C14H26N2O2/c1-9-12(15)7-11(10-5-6-10)8-16(9)13(17)18-14(2,3)4/h9-12H,5-8,15H2,1-4H3. The van der Waals surface area contributed by atoms with Crippen molar-refractivity contribution in [2.45, 2.75) is 64.6 Å². The first-order valence-corrected chi connectivity index (χ1v) is 7.03. The summed E-state index contributed by atoms with van der Waals surface area (Å²) in [5.74, 6) is 1.36. The lowest BCUT2D eigenvalue weighted by Gasteiger charge is -2.42. The molecule has 2 rings (SSSR count). The molecule has 2 aliphatic rings. The maximum Gasteiger partial charge on any atom is 0.410 e. The van der Waals surface area contributed by atoms with E-state index < -0.39 is 5.60 Å². The SMILES string of the molecule is CC1C(N)CC(C2CC2)CN1C(=O)OC(C)(C)C. The van der Waals surface area contributed by atoms with Crippen LogP contribution in [0.15, 0.2) is 0 Å². The molecule has 4 nitrogen and oxygen atoms in total. The van der Waals surface area contributed by atoms with Gasteiger partial charge in [0.1, 0.15) is 5.60 Å². The maximum absolute atomic E-state index is 12.2. The van der Waals surface area contributed by atoms with Gasteiger partial charge in [-0.1, -0.05) is 0 Å². The second kappa shape index (κ2) is 4.72. The van der Waals surface area contributed by atoms with Crippen molar-refractivity contribution in [2.24, 2.45) is 17.6 Å². The van der Waals surface area contributed by atoms with Gasteiger partial charge in [-0.25, -0.2) is 4.79 Å². The number of carbonyl (C=O) groups excluding carboxylic acids is 1. The zero-order valence-electron chi connectivity index (χ0n) is 12.0. The summed E-state index contributed by atoms with van der Waals surface area (Å²) in [5.41, 5.74) is 5.74. The Morgan fingerprint density at radius 3 is 2.39 bits per heavy atom. The summed E-state index contributed by atoms with van der Waals surface area (Å²) < 4.78 is 5.48. The zero-order chi connectivity index (χ0) is 13.5. The summed E-state index contributed by atoms with van der Waals surface area (Å²) in [6.07, 6.45) is 3.43. The van der Waals surface area contributed by atoms with Crippen LogP contribution in [-0.2, 0) is 4.74 Å². The Hall–Kier alpha value is -0.770. The molecular formula is C14H26N2O2. The minimum Gasteiger partial charge on any atom is -0.444 e. The van der Waals surface area contributed by atoms with E-state index in [-0.39, 0.29) is 18.2 Å². The van der Waals surface area contributed by atoms with Gasteiger partial charge in [-0.05, 0) is 58.8 Å². The normalized spacial score (nSPS) is 33.4. The lowest BCUT2D eigenvalue weighted by molar-refractivity contribution is 0.0000879. The quantitative estimate of drug-likeness (QED) is 0.781. The zero-order valence-corrected chi connectivity index (χ0v) is 12.0. The number of nitrogens with zero attached hydrogens (tertiary/aromatic N) is 1. The van der Waals surface area contributed by atoms with E-state index >= 15 is 0 Å². The summed E-state index contributed by atoms with van der Waals surface area (Å²) in [6.45, 7) is 8.54. The number of amides is 1. The number of nitrogens with two attached hydrogens (primary N) is 1. The van der Waals surface area contributed by atoms with Gasteiger partial charge in [-0.15, -0.1) is 0 Å². The van der Waals surface area contributed by atoms with Crippen LogP contribution in [0.2, 0.25) is 0 Å². The first-order chi connectivity index (χ1) is 8.28. The van der Waals surface area contributed by atoms with Crippen LogP contribution in [0.3, 0.4) is 0 Å². The van der Waals surface area contributed by atoms with E-state index in [1.807, 2.05) is 32.6 Å². The van der Waals surface area contributed by atoms with Crippen molar-refractivity contribution in [3.05, 3.63) is 0 Å². The van der Waals surface area contributed by atoms with Gasteiger partial charge in [0.25, 0.3) is 0 Å². The monoisotopic (exact) mass is 254 g/mol. The van der Waals surface area contributed by atoms with Crippen LogP contribution in [-0.4, -0.2) is 35.2 Å². The summed E-state index contributed by atoms with van der Waals surface area (Å²) in [7, 11) is 0. The highest BCUT2D eigenvalue weighted by atomic mass is 16.6. The van der Waals surface area contributed by atoms with Crippen molar-refractivity contribution in [3.8, 4) is 0 Å². The van der Waals surface area contributed by atoms with Crippen molar-refractivity contribution in [3.63, 3.8) is 0 Å². The van der Waals surface area contributed by atoms with Crippen LogP contribution < -0.4 is 5.73 Å². The molecule has 0 bridgehead atoms. The molecule has 0 aromatic heterocycles. The highest BCUT2D eigenvalue weighted by Gasteiger charge is 2.42. The largest absolute Gasteiger partial charge is 0.444 e. The molecule has 0 aromatic carbocycles. The average Bonchev–Trinajstić information content (AvgIpc) is 3.02. The third-order valence-electron chi connectivity index (χ3n) is 4.03. The Morgan fingerprint density at radius 1 is 1.28 bits per heavy atom. The van der Waals surface area contributed by atoms with E-state index in [2.05, 4.69) is 0 Å². The van der Waals surface area contributed by atoms with Crippen LogP contribution >= 0.6 is 0 Å². The summed E-state index contributed by atoms with van der Waals surface area (Å²) in [5, 5.41) is 0. The summed E-state index contributed by atoms with van der Waals surface area (Å²) >= 11 is 0. The number of hydrogen-bond acceptors (Lipinski definition) is 3. The molecule has 3 unspecified atom stereocenters.